The fourth-order valence-electron chi connectivity index (χ4n) is 5.55. The summed E-state index contributed by atoms with van der Waals surface area (Å²) in [5.41, 5.74) is 7.34. The van der Waals surface area contributed by atoms with Crippen molar-refractivity contribution >= 4 is 5.91 Å². The average molecular weight is 565 g/mol. The van der Waals surface area contributed by atoms with E-state index in [0.29, 0.717) is 6.54 Å². The molecule has 1 aliphatic heterocycles. The van der Waals surface area contributed by atoms with Crippen LogP contribution in [0.5, 0.6) is 0 Å². The predicted molar refractivity (Wildman–Crippen MR) is 165 cm³/mol. The molecule has 2 N–H and O–H groups in total. The second kappa shape index (κ2) is 13.9. The lowest BCUT2D eigenvalue weighted by atomic mass is 9.90. The first-order chi connectivity index (χ1) is 20.4. The van der Waals surface area contributed by atoms with Crippen LogP contribution in [0.1, 0.15) is 54.1 Å². The van der Waals surface area contributed by atoms with Gasteiger partial charge in [-0.15, -0.1) is 0 Å². The molecule has 4 atom stereocenters. The van der Waals surface area contributed by atoms with Crippen molar-refractivity contribution in [1.29, 1.82) is 0 Å². The van der Waals surface area contributed by atoms with Gasteiger partial charge < -0.3 is 19.9 Å². The van der Waals surface area contributed by atoms with E-state index in [4.69, 9.17) is 9.47 Å². The van der Waals surface area contributed by atoms with Crippen molar-refractivity contribution in [2.24, 2.45) is 5.92 Å². The van der Waals surface area contributed by atoms with E-state index in [0.717, 1.165) is 46.5 Å². The Balaban J connectivity index is 1.41. The number of amides is 1. The molecule has 0 aliphatic carbocycles. The van der Waals surface area contributed by atoms with E-state index in [1.165, 1.54) is 12.5 Å². The quantitative estimate of drug-likeness (QED) is 0.233. The molecule has 0 saturated carbocycles. The van der Waals surface area contributed by atoms with Crippen LogP contribution < -0.4 is 5.32 Å². The molecule has 0 radical (unpaired) electrons. The summed E-state index contributed by atoms with van der Waals surface area (Å²) in [5, 5.41) is 12.4. The highest BCUT2D eigenvalue weighted by atomic mass is 16.7. The number of carbonyl (C=O) groups is 1. The van der Waals surface area contributed by atoms with Gasteiger partial charge in [-0.2, -0.15) is 0 Å². The maximum atomic E-state index is 11.4. The molecule has 1 fully saturated rings. The molecule has 218 valence electrons. The number of carbonyl (C=O) groups excluding carboxylic acids is 1. The molecule has 4 aromatic rings. The fourth-order valence-corrected chi connectivity index (χ4v) is 5.55. The maximum absolute atomic E-state index is 11.4. The second-order valence-corrected chi connectivity index (χ2v) is 11.2. The normalized spacial score (nSPS) is 20.4. The largest absolute Gasteiger partial charge is 0.392 e. The highest BCUT2D eigenvalue weighted by Gasteiger charge is 2.38. The van der Waals surface area contributed by atoms with E-state index in [-0.39, 0.29) is 30.6 Å². The van der Waals surface area contributed by atoms with Crippen molar-refractivity contribution in [1.82, 2.24) is 10.2 Å². The average Bonchev–Trinajstić information content (AvgIpc) is 3.02. The van der Waals surface area contributed by atoms with Gasteiger partial charge in [0.25, 0.3) is 0 Å². The standard InChI is InChI=1S/C36H40N2O4/c1-25-34(23-38(3)22-27-9-5-4-6-10-27)41-36(42-35(25)30-17-15-28(24-39)16-18-30)33-14-8-13-32(20-33)31-12-7-11-29(19-31)21-37-26(2)40/h4-20,25,34-36,39H,21-24H2,1-3H3,(H,37,40)/t25-,34+,35+,36+/m1/s1. The molecule has 0 bridgehead atoms. The van der Waals surface area contributed by atoms with Crippen molar-refractivity contribution in [3.05, 3.63) is 131 Å². The zero-order chi connectivity index (χ0) is 29.5. The van der Waals surface area contributed by atoms with E-state index in [1.54, 1.807) is 0 Å². The Labute approximate surface area is 248 Å². The minimum atomic E-state index is -0.540. The lowest BCUT2D eigenvalue weighted by Crippen LogP contribution is -2.43. The Morgan fingerprint density at radius 1 is 0.810 bits per heavy atom. The molecule has 0 unspecified atom stereocenters. The number of aliphatic hydroxyl groups is 1. The molecule has 4 aromatic carbocycles. The van der Waals surface area contributed by atoms with Crippen LogP contribution in [0, 0.1) is 5.92 Å². The lowest BCUT2D eigenvalue weighted by molar-refractivity contribution is -0.276. The van der Waals surface area contributed by atoms with Gasteiger partial charge in [-0.1, -0.05) is 97.9 Å². The van der Waals surface area contributed by atoms with Crippen LogP contribution in [0.25, 0.3) is 11.1 Å². The van der Waals surface area contributed by atoms with Gasteiger partial charge in [-0.25, -0.2) is 0 Å². The van der Waals surface area contributed by atoms with Gasteiger partial charge in [0.2, 0.25) is 5.91 Å². The van der Waals surface area contributed by atoms with Crippen molar-refractivity contribution in [3.8, 4) is 11.1 Å². The number of benzene rings is 4. The Bertz CT molecular complexity index is 1460. The highest BCUT2D eigenvalue weighted by molar-refractivity contribution is 5.73. The van der Waals surface area contributed by atoms with Crippen LogP contribution in [-0.4, -0.2) is 35.6 Å². The number of hydrogen-bond donors (Lipinski definition) is 2. The maximum Gasteiger partial charge on any atom is 0.217 e. The van der Waals surface area contributed by atoms with Crippen LogP contribution in [0.3, 0.4) is 0 Å². The Kier molecular flexibility index (Phi) is 9.82. The molecule has 42 heavy (non-hydrogen) atoms. The number of nitrogens with one attached hydrogen (secondary N) is 1. The van der Waals surface area contributed by atoms with Crippen LogP contribution in [-0.2, 0) is 34.0 Å². The molecule has 6 heteroatoms. The van der Waals surface area contributed by atoms with Gasteiger partial charge in [-0.05, 0) is 52.6 Å². The molecule has 6 nitrogen and oxygen atoms in total. The van der Waals surface area contributed by atoms with Crippen molar-refractivity contribution in [2.45, 2.75) is 52.0 Å². The molecule has 0 aromatic heterocycles. The Hall–Kier alpha value is -3.81. The van der Waals surface area contributed by atoms with E-state index < -0.39 is 6.29 Å². The Morgan fingerprint density at radius 3 is 2.21 bits per heavy atom. The zero-order valence-corrected chi connectivity index (χ0v) is 24.6. The summed E-state index contributed by atoms with van der Waals surface area (Å²) >= 11 is 0. The molecule has 1 aliphatic rings. The number of rotatable bonds is 10. The number of nitrogens with zero attached hydrogens (tertiary/aromatic N) is 1. The number of ether oxygens (including phenoxy) is 2. The van der Waals surface area contributed by atoms with E-state index >= 15 is 0 Å². The van der Waals surface area contributed by atoms with Crippen LogP contribution in [0.15, 0.2) is 103 Å². The van der Waals surface area contributed by atoms with Crippen LogP contribution >= 0.6 is 0 Å². The minimum Gasteiger partial charge on any atom is -0.392 e. The molecule has 1 heterocycles. The smallest absolute Gasteiger partial charge is 0.217 e. The van der Waals surface area contributed by atoms with Crippen molar-refractivity contribution in [2.75, 3.05) is 13.6 Å². The van der Waals surface area contributed by atoms with Gasteiger partial charge in [0.15, 0.2) is 6.29 Å². The van der Waals surface area contributed by atoms with E-state index in [2.05, 4.69) is 90.9 Å². The highest BCUT2D eigenvalue weighted by Crippen LogP contribution is 2.42. The Morgan fingerprint density at radius 2 is 1.50 bits per heavy atom. The summed E-state index contributed by atoms with van der Waals surface area (Å²) < 4.78 is 13.4. The summed E-state index contributed by atoms with van der Waals surface area (Å²) in [6.07, 6.45) is -0.776. The molecule has 1 amide bonds. The predicted octanol–water partition coefficient (Wildman–Crippen LogP) is 6.41. The summed E-state index contributed by atoms with van der Waals surface area (Å²) in [6.45, 7) is 5.81. The number of hydrogen-bond acceptors (Lipinski definition) is 5. The van der Waals surface area contributed by atoms with Crippen molar-refractivity contribution < 1.29 is 19.4 Å². The first-order valence-electron chi connectivity index (χ1n) is 14.6. The monoisotopic (exact) mass is 564 g/mol. The third-order valence-electron chi connectivity index (χ3n) is 7.87. The van der Waals surface area contributed by atoms with Crippen molar-refractivity contribution in [3.63, 3.8) is 0 Å². The fraction of sp³-hybridized carbons (Fsp3) is 0.306. The van der Waals surface area contributed by atoms with E-state index in [9.17, 15) is 9.90 Å². The third-order valence-corrected chi connectivity index (χ3v) is 7.87. The van der Waals surface area contributed by atoms with Gasteiger partial charge in [0.1, 0.15) is 0 Å². The van der Waals surface area contributed by atoms with Gasteiger partial charge in [-0.3, -0.25) is 9.69 Å². The molecule has 0 spiro atoms. The third kappa shape index (κ3) is 7.52. The number of likely N-dealkylation sites (N-methyl/N-ethyl adjacent to an activating group) is 1. The minimum absolute atomic E-state index is 0.0127. The second-order valence-electron chi connectivity index (χ2n) is 11.2. The first-order valence-corrected chi connectivity index (χ1v) is 14.6. The van der Waals surface area contributed by atoms with Gasteiger partial charge >= 0.3 is 0 Å². The van der Waals surface area contributed by atoms with Crippen LogP contribution in [0.2, 0.25) is 0 Å². The summed E-state index contributed by atoms with van der Waals surface area (Å²) in [5.74, 6) is 0.0563. The van der Waals surface area contributed by atoms with Crippen LogP contribution in [0.4, 0.5) is 0 Å². The molecule has 1 saturated heterocycles. The molecule has 5 rings (SSSR count). The SMILES string of the molecule is CC(=O)NCc1cccc(-c2cccc([C@H]3O[C@@H](CN(C)Cc4ccccc4)[C@@H](C)[C@@H](c4ccc(CO)cc4)O3)c2)c1. The van der Waals surface area contributed by atoms with Gasteiger partial charge in [0, 0.05) is 38.0 Å². The van der Waals surface area contributed by atoms with E-state index in [1.807, 2.05) is 36.4 Å². The topological polar surface area (TPSA) is 71.0 Å². The van der Waals surface area contributed by atoms with Gasteiger partial charge in [0.05, 0.1) is 18.8 Å². The zero-order valence-electron chi connectivity index (χ0n) is 24.6. The lowest BCUT2D eigenvalue weighted by Gasteiger charge is -2.42. The summed E-state index contributed by atoms with van der Waals surface area (Å²) in [7, 11) is 2.13. The molecular weight excluding hydrogens is 524 g/mol. The summed E-state index contributed by atoms with van der Waals surface area (Å²) in [4.78, 5) is 13.7. The first kappa shape index (κ1) is 29.7. The molecular formula is C36H40N2O4. The summed E-state index contributed by atoms with van der Waals surface area (Å²) in [6, 6.07) is 35.0. The number of aliphatic hydroxyl groups excluding tert-OH is 1.